The monoisotopic (exact) mass is 299 g/mol. The standard InChI is InChI=1S/C11H14BrN3O2/c1-16-9-5-7(12)8(6-10(9)17-2)15-11-13-3-4-14-11/h5-6H,3-4H2,1-2H3,(H2,13,14,15). The average Bonchev–Trinajstić information content (AvgIpc) is 2.84. The summed E-state index contributed by atoms with van der Waals surface area (Å²) in [6.45, 7) is 1.67. The first kappa shape index (κ1) is 12.0. The topological polar surface area (TPSA) is 54.9 Å². The number of methoxy groups -OCH3 is 2. The Kier molecular flexibility index (Phi) is 3.73. The fraction of sp³-hybridized carbons (Fsp3) is 0.364. The molecule has 1 heterocycles. The maximum Gasteiger partial charge on any atom is 0.195 e. The molecule has 0 saturated carbocycles. The molecular formula is C11H14BrN3O2. The summed E-state index contributed by atoms with van der Waals surface area (Å²) in [6.07, 6.45) is 0. The van der Waals surface area contributed by atoms with Gasteiger partial charge in [0, 0.05) is 23.2 Å². The summed E-state index contributed by atoms with van der Waals surface area (Å²) in [4.78, 5) is 4.27. The number of halogens is 1. The molecule has 0 unspecified atom stereocenters. The summed E-state index contributed by atoms with van der Waals surface area (Å²) in [5.74, 6) is 2.14. The highest BCUT2D eigenvalue weighted by Crippen LogP contribution is 2.36. The third kappa shape index (κ3) is 2.63. The van der Waals surface area contributed by atoms with Crippen molar-refractivity contribution in [3.63, 3.8) is 0 Å². The van der Waals surface area contributed by atoms with Gasteiger partial charge in [-0.3, -0.25) is 4.99 Å². The Labute approximate surface area is 108 Å². The number of guanidine groups is 1. The molecule has 1 aliphatic heterocycles. The maximum absolute atomic E-state index is 5.25. The van der Waals surface area contributed by atoms with Gasteiger partial charge in [0.1, 0.15) is 0 Å². The van der Waals surface area contributed by atoms with Gasteiger partial charge in [0.05, 0.1) is 26.5 Å². The van der Waals surface area contributed by atoms with E-state index in [2.05, 4.69) is 31.6 Å². The molecule has 1 aromatic carbocycles. The van der Waals surface area contributed by atoms with Crippen LogP contribution in [0.2, 0.25) is 0 Å². The van der Waals surface area contributed by atoms with Gasteiger partial charge in [-0.25, -0.2) is 0 Å². The fourth-order valence-electron chi connectivity index (χ4n) is 1.56. The van der Waals surface area contributed by atoms with E-state index in [0.29, 0.717) is 11.5 Å². The number of benzene rings is 1. The van der Waals surface area contributed by atoms with Crippen LogP contribution in [0.4, 0.5) is 5.69 Å². The Morgan fingerprint density at radius 2 is 2.00 bits per heavy atom. The lowest BCUT2D eigenvalue weighted by atomic mass is 10.2. The number of nitrogens with zero attached hydrogens (tertiary/aromatic N) is 1. The number of hydrogen-bond acceptors (Lipinski definition) is 5. The zero-order chi connectivity index (χ0) is 12.3. The molecule has 1 aliphatic rings. The molecule has 2 N–H and O–H groups in total. The average molecular weight is 300 g/mol. The van der Waals surface area contributed by atoms with Crippen molar-refractivity contribution in [2.45, 2.75) is 0 Å². The number of ether oxygens (including phenoxy) is 2. The third-order valence-electron chi connectivity index (χ3n) is 2.40. The van der Waals surface area contributed by atoms with Gasteiger partial charge in [-0.15, -0.1) is 0 Å². The van der Waals surface area contributed by atoms with Crippen molar-refractivity contribution in [1.82, 2.24) is 5.32 Å². The van der Waals surface area contributed by atoms with Crippen LogP contribution in [0.5, 0.6) is 11.5 Å². The first-order chi connectivity index (χ1) is 8.24. The molecule has 6 heteroatoms. The highest BCUT2D eigenvalue weighted by molar-refractivity contribution is 9.10. The highest BCUT2D eigenvalue weighted by Gasteiger charge is 2.12. The molecule has 0 atom stereocenters. The molecule has 17 heavy (non-hydrogen) atoms. The van der Waals surface area contributed by atoms with E-state index in [-0.39, 0.29) is 0 Å². The van der Waals surface area contributed by atoms with Gasteiger partial charge in [0.2, 0.25) is 0 Å². The summed E-state index contributed by atoms with van der Waals surface area (Å²) in [5.41, 5.74) is 0.885. The number of anilines is 1. The van der Waals surface area contributed by atoms with Crippen molar-refractivity contribution in [3.8, 4) is 11.5 Å². The van der Waals surface area contributed by atoms with E-state index in [4.69, 9.17) is 9.47 Å². The predicted molar refractivity (Wildman–Crippen MR) is 71.2 cm³/mol. The van der Waals surface area contributed by atoms with Crippen LogP contribution in [0, 0.1) is 0 Å². The Morgan fingerprint density at radius 1 is 1.29 bits per heavy atom. The van der Waals surface area contributed by atoms with Gasteiger partial charge in [-0.1, -0.05) is 0 Å². The SMILES string of the molecule is COc1cc(Br)c(NC2=NCCN2)cc1OC. The molecule has 92 valence electrons. The summed E-state index contributed by atoms with van der Waals surface area (Å²) < 4.78 is 11.4. The molecule has 0 spiro atoms. The third-order valence-corrected chi connectivity index (χ3v) is 3.06. The van der Waals surface area contributed by atoms with Gasteiger partial charge in [-0.05, 0) is 15.9 Å². The molecule has 0 fully saturated rings. The Bertz CT molecular complexity index is 449. The van der Waals surface area contributed by atoms with Crippen molar-refractivity contribution in [2.75, 3.05) is 32.6 Å². The van der Waals surface area contributed by atoms with Crippen molar-refractivity contribution in [3.05, 3.63) is 16.6 Å². The molecule has 0 bridgehead atoms. The summed E-state index contributed by atoms with van der Waals surface area (Å²) in [5, 5.41) is 6.34. The van der Waals surface area contributed by atoms with Crippen LogP contribution in [0.25, 0.3) is 0 Å². The molecule has 2 rings (SSSR count). The van der Waals surface area contributed by atoms with Crippen LogP contribution < -0.4 is 20.1 Å². The van der Waals surface area contributed by atoms with Crippen molar-refractivity contribution < 1.29 is 9.47 Å². The van der Waals surface area contributed by atoms with E-state index in [1.807, 2.05) is 12.1 Å². The van der Waals surface area contributed by atoms with Crippen LogP contribution in [0.3, 0.4) is 0 Å². The minimum Gasteiger partial charge on any atom is -0.493 e. The lowest BCUT2D eigenvalue weighted by Gasteiger charge is -2.13. The number of rotatable bonds is 3. The second kappa shape index (κ2) is 5.27. The number of aliphatic imine (C=N–C) groups is 1. The highest BCUT2D eigenvalue weighted by atomic mass is 79.9. The number of nitrogens with one attached hydrogen (secondary N) is 2. The maximum atomic E-state index is 5.25. The molecule has 0 amide bonds. The lowest BCUT2D eigenvalue weighted by molar-refractivity contribution is 0.355. The van der Waals surface area contributed by atoms with Gasteiger partial charge >= 0.3 is 0 Å². The molecular weight excluding hydrogens is 286 g/mol. The Morgan fingerprint density at radius 3 is 2.59 bits per heavy atom. The van der Waals surface area contributed by atoms with Crippen molar-refractivity contribution in [2.24, 2.45) is 4.99 Å². The van der Waals surface area contributed by atoms with Crippen LogP contribution in [0.15, 0.2) is 21.6 Å². The van der Waals surface area contributed by atoms with E-state index in [1.165, 1.54) is 0 Å². The molecule has 0 aromatic heterocycles. The molecule has 0 aliphatic carbocycles. The van der Waals surface area contributed by atoms with Crippen molar-refractivity contribution >= 4 is 27.6 Å². The van der Waals surface area contributed by atoms with Gasteiger partial charge in [0.25, 0.3) is 0 Å². The van der Waals surface area contributed by atoms with Gasteiger partial charge < -0.3 is 20.1 Å². The quantitative estimate of drug-likeness (QED) is 0.894. The van der Waals surface area contributed by atoms with Crippen LogP contribution >= 0.6 is 15.9 Å². The van der Waals surface area contributed by atoms with Gasteiger partial charge in [-0.2, -0.15) is 0 Å². The lowest BCUT2D eigenvalue weighted by Crippen LogP contribution is -2.26. The number of hydrogen-bond donors (Lipinski definition) is 2. The minimum atomic E-state index is 0.678. The fourth-order valence-corrected chi connectivity index (χ4v) is 1.98. The van der Waals surface area contributed by atoms with Crippen LogP contribution in [0.1, 0.15) is 0 Å². The molecule has 1 aromatic rings. The predicted octanol–water partition coefficient (Wildman–Crippen LogP) is 1.84. The van der Waals surface area contributed by atoms with Crippen LogP contribution in [-0.4, -0.2) is 33.3 Å². The van der Waals surface area contributed by atoms with Gasteiger partial charge in [0.15, 0.2) is 17.5 Å². The second-order valence-corrected chi connectivity index (χ2v) is 4.32. The first-order valence-electron chi connectivity index (χ1n) is 5.21. The molecule has 0 saturated heterocycles. The molecule has 5 nitrogen and oxygen atoms in total. The normalized spacial score (nSPS) is 13.9. The Balaban J connectivity index is 2.27. The van der Waals surface area contributed by atoms with Crippen LogP contribution in [-0.2, 0) is 0 Å². The van der Waals surface area contributed by atoms with E-state index < -0.39 is 0 Å². The van der Waals surface area contributed by atoms with E-state index in [9.17, 15) is 0 Å². The largest absolute Gasteiger partial charge is 0.493 e. The van der Waals surface area contributed by atoms with E-state index in [0.717, 1.165) is 29.2 Å². The smallest absolute Gasteiger partial charge is 0.195 e. The van der Waals surface area contributed by atoms with E-state index in [1.54, 1.807) is 14.2 Å². The zero-order valence-electron chi connectivity index (χ0n) is 9.71. The summed E-state index contributed by atoms with van der Waals surface area (Å²) >= 11 is 3.48. The second-order valence-electron chi connectivity index (χ2n) is 3.47. The summed E-state index contributed by atoms with van der Waals surface area (Å²) in [7, 11) is 3.22. The Hall–Kier alpha value is -1.43. The molecule has 0 radical (unpaired) electrons. The van der Waals surface area contributed by atoms with Crippen molar-refractivity contribution in [1.29, 1.82) is 0 Å². The van der Waals surface area contributed by atoms with E-state index >= 15 is 0 Å². The minimum absolute atomic E-state index is 0.678. The zero-order valence-corrected chi connectivity index (χ0v) is 11.3. The first-order valence-corrected chi connectivity index (χ1v) is 6.00. The summed E-state index contributed by atoms with van der Waals surface area (Å²) in [6, 6.07) is 3.72.